The zero-order chi connectivity index (χ0) is 18.5. The number of rotatable bonds is 3. The van der Waals surface area contributed by atoms with Gasteiger partial charge in [0.2, 0.25) is 0 Å². The largest absolute Gasteiger partial charge is 0.479 e. The third kappa shape index (κ3) is 2.35. The summed E-state index contributed by atoms with van der Waals surface area (Å²) in [5.74, 6) is 0.679. The van der Waals surface area contributed by atoms with Crippen molar-refractivity contribution in [3.05, 3.63) is 65.1 Å². The molecular formula is C21H24N2O3. The summed E-state index contributed by atoms with van der Waals surface area (Å²) in [5.41, 5.74) is 3.67. The Morgan fingerprint density at radius 2 is 1.96 bits per heavy atom. The Bertz CT molecular complexity index is 951. The molecule has 0 spiro atoms. The van der Waals surface area contributed by atoms with Gasteiger partial charge in [-0.3, -0.25) is 0 Å². The standard InChI is InChI=1S/C21H24N2O3/c1-5-25-21(4)16-11-12-23-14(3)13(2)22-20(23)18(16)26-17(19(21)24)15-9-7-6-8-10-15/h6-12,17,19,24H,5H2,1-4H3/t17-,19?,21?/m1/s1. The van der Waals surface area contributed by atoms with Gasteiger partial charge in [0.25, 0.3) is 0 Å². The number of hydrogen-bond acceptors (Lipinski definition) is 4. The van der Waals surface area contributed by atoms with Crippen LogP contribution in [0.5, 0.6) is 5.75 Å². The summed E-state index contributed by atoms with van der Waals surface area (Å²) in [4.78, 5) is 4.71. The lowest BCUT2D eigenvalue weighted by atomic mass is 9.82. The molecule has 4 rings (SSSR count). The van der Waals surface area contributed by atoms with E-state index in [1.54, 1.807) is 0 Å². The summed E-state index contributed by atoms with van der Waals surface area (Å²) >= 11 is 0. The van der Waals surface area contributed by atoms with Crippen LogP contribution in [-0.2, 0) is 10.3 Å². The molecule has 1 N–H and O–H groups in total. The van der Waals surface area contributed by atoms with Crippen LogP contribution in [-0.4, -0.2) is 27.2 Å². The predicted octanol–water partition coefficient (Wildman–Crippen LogP) is 3.70. The molecule has 0 radical (unpaired) electrons. The number of aromatic nitrogens is 2. The first-order chi connectivity index (χ1) is 12.5. The molecule has 5 nitrogen and oxygen atoms in total. The van der Waals surface area contributed by atoms with Crippen LogP contribution < -0.4 is 4.74 Å². The lowest BCUT2D eigenvalue weighted by Crippen LogP contribution is -2.48. The van der Waals surface area contributed by atoms with Crippen LogP contribution in [0.4, 0.5) is 0 Å². The highest BCUT2D eigenvalue weighted by molar-refractivity contribution is 5.63. The van der Waals surface area contributed by atoms with Gasteiger partial charge in [-0.25, -0.2) is 4.98 Å². The van der Waals surface area contributed by atoms with Crippen molar-refractivity contribution in [3.63, 3.8) is 0 Å². The summed E-state index contributed by atoms with van der Waals surface area (Å²) < 4.78 is 14.4. The summed E-state index contributed by atoms with van der Waals surface area (Å²) in [6, 6.07) is 11.7. The van der Waals surface area contributed by atoms with E-state index < -0.39 is 17.8 Å². The van der Waals surface area contributed by atoms with Gasteiger partial charge in [-0.2, -0.15) is 0 Å². The fourth-order valence-electron chi connectivity index (χ4n) is 3.82. The first-order valence-electron chi connectivity index (χ1n) is 8.99. The SMILES string of the molecule is CCOC1(C)c2ccn3c(C)c(C)nc3c2O[C@H](c2ccccc2)C1O. The molecular weight excluding hydrogens is 328 g/mol. The van der Waals surface area contributed by atoms with Crippen LogP contribution in [0.1, 0.15) is 42.5 Å². The van der Waals surface area contributed by atoms with Gasteiger partial charge in [0.1, 0.15) is 11.7 Å². The first kappa shape index (κ1) is 17.1. The van der Waals surface area contributed by atoms with Crippen LogP contribution in [0.25, 0.3) is 5.65 Å². The van der Waals surface area contributed by atoms with E-state index in [1.165, 1.54) is 0 Å². The second-order valence-corrected chi connectivity index (χ2v) is 6.97. The number of aryl methyl sites for hydroxylation is 2. The van der Waals surface area contributed by atoms with Gasteiger partial charge in [-0.15, -0.1) is 0 Å². The van der Waals surface area contributed by atoms with Crippen molar-refractivity contribution in [3.8, 4) is 5.75 Å². The Labute approximate surface area is 153 Å². The van der Waals surface area contributed by atoms with E-state index in [9.17, 15) is 5.11 Å². The molecule has 136 valence electrons. The Kier molecular flexibility index (Phi) is 4.01. The molecule has 0 bridgehead atoms. The number of aliphatic hydroxyl groups is 1. The van der Waals surface area contributed by atoms with Crippen LogP contribution in [0.2, 0.25) is 0 Å². The van der Waals surface area contributed by atoms with E-state index in [2.05, 4.69) is 0 Å². The van der Waals surface area contributed by atoms with Crippen molar-refractivity contribution in [2.24, 2.45) is 0 Å². The molecule has 0 aliphatic carbocycles. The van der Waals surface area contributed by atoms with E-state index in [0.29, 0.717) is 12.4 Å². The van der Waals surface area contributed by atoms with Crippen LogP contribution in [0.15, 0.2) is 42.6 Å². The van der Waals surface area contributed by atoms with E-state index in [4.69, 9.17) is 14.5 Å². The molecule has 3 atom stereocenters. The number of nitrogens with zero attached hydrogens (tertiary/aromatic N) is 2. The molecule has 1 aromatic carbocycles. The number of ether oxygens (including phenoxy) is 2. The van der Waals surface area contributed by atoms with Gasteiger partial charge in [-0.05, 0) is 39.3 Å². The number of benzene rings is 1. The highest BCUT2D eigenvalue weighted by Crippen LogP contribution is 2.48. The maximum absolute atomic E-state index is 11.2. The highest BCUT2D eigenvalue weighted by atomic mass is 16.5. The van der Waals surface area contributed by atoms with Crippen molar-refractivity contribution in [2.75, 3.05) is 6.61 Å². The zero-order valence-electron chi connectivity index (χ0n) is 15.6. The molecule has 0 saturated carbocycles. The van der Waals surface area contributed by atoms with E-state index in [1.807, 2.05) is 74.7 Å². The number of pyridine rings is 1. The number of hydrogen-bond donors (Lipinski definition) is 1. The average molecular weight is 352 g/mol. The Morgan fingerprint density at radius 3 is 2.65 bits per heavy atom. The lowest BCUT2D eigenvalue weighted by Gasteiger charge is -2.44. The Morgan fingerprint density at radius 1 is 1.23 bits per heavy atom. The van der Waals surface area contributed by atoms with Crippen LogP contribution in [0, 0.1) is 13.8 Å². The zero-order valence-corrected chi connectivity index (χ0v) is 15.6. The van der Waals surface area contributed by atoms with Crippen molar-refractivity contribution >= 4 is 5.65 Å². The first-order valence-corrected chi connectivity index (χ1v) is 8.99. The normalized spacial score (nSPS) is 25.1. The van der Waals surface area contributed by atoms with E-state index in [-0.39, 0.29) is 0 Å². The average Bonchev–Trinajstić information content (AvgIpc) is 2.94. The molecule has 3 heterocycles. The highest BCUT2D eigenvalue weighted by Gasteiger charge is 2.49. The predicted molar refractivity (Wildman–Crippen MR) is 99.5 cm³/mol. The van der Waals surface area contributed by atoms with Crippen molar-refractivity contribution in [1.29, 1.82) is 0 Å². The molecule has 0 saturated heterocycles. The van der Waals surface area contributed by atoms with E-state index in [0.717, 1.165) is 28.2 Å². The Hall–Kier alpha value is -2.37. The lowest BCUT2D eigenvalue weighted by molar-refractivity contribution is -0.163. The topological polar surface area (TPSA) is 56.0 Å². The molecule has 26 heavy (non-hydrogen) atoms. The molecule has 1 aliphatic heterocycles. The second-order valence-electron chi connectivity index (χ2n) is 6.97. The minimum absolute atomic E-state index is 0.492. The van der Waals surface area contributed by atoms with Gasteiger partial charge in [0.15, 0.2) is 17.5 Å². The molecule has 5 heteroatoms. The molecule has 3 aromatic rings. The van der Waals surface area contributed by atoms with Crippen LogP contribution in [0.3, 0.4) is 0 Å². The smallest absolute Gasteiger partial charge is 0.180 e. The summed E-state index contributed by atoms with van der Waals surface area (Å²) in [5, 5.41) is 11.2. The summed E-state index contributed by atoms with van der Waals surface area (Å²) in [6.07, 6.45) is 0.611. The third-order valence-corrected chi connectivity index (χ3v) is 5.43. The second kappa shape index (κ2) is 6.11. The van der Waals surface area contributed by atoms with Gasteiger partial charge >= 0.3 is 0 Å². The summed E-state index contributed by atoms with van der Waals surface area (Å²) in [6.45, 7) is 8.38. The fourth-order valence-corrected chi connectivity index (χ4v) is 3.82. The molecule has 1 aliphatic rings. The molecule has 0 amide bonds. The van der Waals surface area contributed by atoms with Crippen molar-refractivity contribution < 1.29 is 14.6 Å². The van der Waals surface area contributed by atoms with Crippen LogP contribution >= 0.6 is 0 Å². The maximum atomic E-state index is 11.2. The fraction of sp³-hybridized carbons (Fsp3) is 0.381. The third-order valence-electron chi connectivity index (χ3n) is 5.43. The molecule has 2 aromatic heterocycles. The quantitative estimate of drug-likeness (QED) is 0.781. The minimum Gasteiger partial charge on any atom is -0.479 e. The molecule has 0 fully saturated rings. The monoisotopic (exact) mass is 352 g/mol. The van der Waals surface area contributed by atoms with Crippen molar-refractivity contribution in [1.82, 2.24) is 9.38 Å². The Balaban J connectivity index is 1.96. The van der Waals surface area contributed by atoms with Gasteiger partial charge < -0.3 is 19.0 Å². The minimum atomic E-state index is -0.877. The number of fused-ring (bicyclic) bond motifs is 3. The van der Waals surface area contributed by atoms with Gasteiger partial charge in [-0.1, -0.05) is 30.3 Å². The summed E-state index contributed by atoms with van der Waals surface area (Å²) in [7, 11) is 0. The van der Waals surface area contributed by atoms with Gasteiger partial charge in [0, 0.05) is 24.1 Å². The number of imidazole rings is 1. The molecule has 2 unspecified atom stereocenters. The van der Waals surface area contributed by atoms with Crippen molar-refractivity contribution in [2.45, 2.75) is 45.5 Å². The number of aliphatic hydroxyl groups excluding tert-OH is 1. The maximum Gasteiger partial charge on any atom is 0.180 e. The van der Waals surface area contributed by atoms with E-state index >= 15 is 0 Å². The van der Waals surface area contributed by atoms with Gasteiger partial charge in [0.05, 0.1) is 5.69 Å².